The fourth-order valence-electron chi connectivity index (χ4n) is 2.20. The van der Waals surface area contributed by atoms with Crippen LogP contribution in [-0.2, 0) is 12.3 Å². The Balaban J connectivity index is 2.25. The maximum atomic E-state index is 6.00. The van der Waals surface area contributed by atoms with E-state index in [1.54, 1.807) is 0 Å². The zero-order valence-corrected chi connectivity index (χ0v) is 13.0. The highest BCUT2D eigenvalue weighted by Crippen LogP contribution is 2.28. The number of benzene rings is 1. The maximum absolute atomic E-state index is 6.00. The molecule has 3 heteroatoms. The zero-order valence-electron chi connectivity index (χ0n) is 12.2. The summed E-state index contributed by atoms with van der Waals surface area (Å²) >= 11 is 6.00. The summed E-state index contributed by atoms with van der Waals surface area (Å²) in [5.74, 6) is 1.82. The van der Waals surface area contributed by atoms with Crippen LogP contribution in [-0.4, -0.2) is 4.98 Å². The van der Waals surface area contributed by atoms with E-state index >= 15 is 0 Å². The Labute approximate surface area is 125 Å². The van der Waals surface area contributed by atoms with Gasteiger partial charge in [0.25, 0.3) is 0 Å². The van der Waals surface area contributed by atoms with Crippen LogP contribution in [0.2, 0.25) is 0 Å². The molecule has 0 spiro atoms. The van der Waals surface area contributed by atoms with Crippen LogP contribution in [0.3, 0.4) is 0 Å². The van der Waals surface area contributed by atoms with E-state index in [0.29, 0.717) is 11.8 Å². The van der Waals surface area contributed by atoms with Crippen molar-refractivity contribution in [2.24, 2.45) is 0 Å². The average molecular weight is 290 g/mol. The molecular formula is C17H20ClNO. The number of rotatable bonds is 5. The SMILES string of the molecule is CCCc1ccc(Oc2nc(C)cc(C)c2CCl)cc1. The Morgan fingerprint density at radius 2 is 1.85 bits per heavy atom. The minimum Gasteiger partial charge on any atom is -0.439 e. The summed E-state index contributed by atoms with van der Waals surface area (Å²) in [6, 6.07) is 10.2. The van der Waals surface area contributed by atoms with Gasteiger partial charge in [-0.05, 0) is 49.6 Å². The molecule has 0 amide bonds. The van der Waals surface area contributed by atoms with Crippen molar-refractivity contribution in [3.8, 4) is 11.6 Å². The standard InChI is InChI=1S/C17H20ClNO/c1-4-5-14-6-8-15(9-7-14)20-17-16(11-18)12(2)10-13(3)19-17/h6-10H,4-5,11H2,1-3H3. The number of ether oxygens (including phenoxy) is 1. The van der Waals surface area contributed by atoms with Crippen molar-refractivity contribution >= 4 is 11.6 Å². The van der Waals surface area contributed by atoms with Crippen LogP contribution in [0.25, 0.3) is 0 Å². The summed E-state index contributed by atoms with van der Waals surface area (Å²) in [6.07, 6.45) is 2.24. The molecule has 0 bridgehead atoms. The molecule has 0 unspecified atom stereocenters. The minimum absolute atomic E-state index is 0.405. The van der Waals surface area contributed by atoms with Crippen LogP contribution in [0.15, 0.2) is 30.3 Å². The molecule has 1 heterocycles. The van der Waals surface area contributed by atoms with Crippen LogP contribution < -0.4 is 4.74 Å². The summed E-state index contributed by atoms with van der Waals surface area (Å²) in [5.41, 5.74) is 4.33. The van der Waals surface area contributed by atoms with Crippen molar-refractivity contribution < 1.29 is 4.74 Å². The van der Waals surface area contributed by atoms with Crippen LogP contribution in [0.5, 0.6) is 11.6 Å². The van der Waals surface area contributed by atoms with Crippen molar-refractivity contribution in [2.75, 3.05) is 0 Å². The molecule has 0 N–H and O–H groups in total. The topological polar surface area (TPSA) is 22.1 Å². The van der Waals surface area contributed by atoms with E-state index in [4.69, 9.17) is 16.3 Å². The number of nitrogens with zero attached hydrogens (tertiary/aromatic N) is 1. The second-order valence-electron chi connectivity index (χ2n) is 4.99. The van der Waals surface area contributed by atoms with Crippen molar-refractivity contribution in [1.29, 1.82) is 0 Å². The molecule has 0 aliphatic rings. The normalized spacial score (nSPS) is 10.6. The van der Waals surface area contributed by atoms with Crippen molar-refractivity contribution in [1.82, 2.24) is 4.98 Å². The summed E-state index contributed by atoms with van der Waals surface area (Å²) in [6.45, 7) is 6.17. The summed E-state index contributed by atoms with van der Waals surface area (Å²) in [4.78, 5) is 4.45. The fraction of sp³-hybridized carbons (Fsp3) is 0.353. The van der Waals surface area contributed by atoms with E-state index in [2.05, 4.69) is 24.0 Å². The molecule has 106 valence electrons. The third-order valence-electron chi connectivity index (χ3n) is 3.25. The van der Waals surface area contributed by atoms with E-state index in [1.807, 2.05) is 32.0 Å². The van der Waals surface area contributed by atoms with Gasteiger partial charge in [-0.15, -0.1) is 11.6 Å². The molecule has 1 aromatic carbocycles. The molecule has 0 radical (unpaired) electrons. The summed E-state index contributed by atoms with van der Waals surface area (Å²) in [7, 11) is 0. The molecular weight excluding hydrogens is 270 g/mol. The van der Waals surface area contributed by atoms with E-state index < -0.39 is 0 Å². The Kier molecular flexibility index (Phi) is 5.02. The maximum Gasteiger partial charge on any atom is 0.224 e. The lowest BCUT2D eigenvalue weighted by Crippen LogP contribution is -1.98. The van der Waals surface area contributed by atoms with Crippen molar-refractivity contribution in [3.05, 3.63) is 52.7 Å². The molecule has 20 heavy (non-hydrogen) atoms. The van der Waals surface area contributed by atoms with Gasteiger partial charge in [-0.2, -0.15) is 0 Å². The first-order valence-corrected chi connectivity index (χ1v) is 7.47. The second-order valence-corrected chi connectivity index (χ2v) is 5.26. The van der Waals surface area contributed by atoms with E-state index in [0.717, 1.165) is 35.4 Å². The van der Waals surface area contributed by atoms with Gasteiger partial charge >= 0.3 is 0 Å². The Morgan fingerprint density at radius 3 is 2.45 bits per heavy atom. The summed E-state index contributed by atoms with van der Waals surface area (Å²) < 4.78 is 5.90. The number of hydrogen-bond acceptors (Lipinski definition) is 2. The van der Waals surface area contributed by atoms with Gasteiger partial charge in [-0.1, -0.05) is 25.5 Å². The second kappa shape index (κ2) is 6.76. The predicted molar refractivity (Wildman–Crippen MR) is 83.8 cm³/mol. The molecule has 2 nitrogen and oxygen atoms in total. The molecule has 0 saturated carbocycles. The Hall–Kier alpha value is -1.54. The van der Waals surface area contributed by atoms with Gasteiger partial charge in [0.2, 0.25) is 5.88 Å². The average Bonchev–Trinajstić information content (AvgIpc) is 2.41. The Morgan fingerprint density at radius 1 is 1.15 bits per heavy atom. The van der Waals surface area contributed by atoms with Gasteiger partial charge in [0.05, 0.1) is 5.88 Å². The lowest BCUT2D eigenvalue weighted by atomic mass is 10.1. The smallest absolute Gasteiger partial charge is 0.224 e. The molecule has 2 rings (SSSR count). The number of halogens is 1. The number of aromatic nitrogens is 1. The van der Waals surface area contributed by atoms with Crippen LogP contribution >= 0.6 is 11.6 Å². The molecule has 0 aliphatic heterocycles. The highest BCUT2D eigenvalue weighted by atomic mass is 35.5. The molecule has 0 saturated heterocycles. The van der Waals surface area contributed by atoms with Crippen LogP contribution in [0, 0.1) is 13.8 Å². The molecule has 1 aromatic heterocycles. The van der Waals surface area contributed by atoms with Gasteiger partial charge in [-0.3, -0.25) is 0 Å². The number of hydrogen-bond donors (Lipinski definition) is 0. The number of aryl methyl sites for hydroxylation is 3. The van der Waals surface area contributed by atoms with Gasteiger partial charge in [0.15, 0.2) is 0 Å². The molecule has 0 atom stereocenters. The number of alkyl halides is 1. The van der Waals surface area contributed by atoms with Gasteiger partial charge in [-0.25, -0.2) is 4.98 Å². The van der Waals surface area contributed by atoms with Gasteiger partial charge in [0, 0.05) is 11.3 Å². The Bertz CT molecular complexity index is 578. The van der Waals surface area contributed by atoms with E-state index in [9.17, 15) is 0 Å². The first-order valence-electron chi connectivity index (χ1n) is 6.94. The fourth-order valence-corrected chi connectivity index (χ4v) is 2.53. The van der Waals surface area contributed by atoms with E-state index in [1.165, 1.54) is 5.56 Å². The molecule has 2 aromatic rings. The van der Waals surface area contributed by atoms with Crippen molar-refractivity contribution in [3.63, 3.8) is 0 Å². The quantitative estimate of drug-likeness (QED) is 0.707. The third-order valence-corrected chi connectivity index (χ3v) is 3.51. The lowest BCUT2D eigenvalue weighted by Gasteiger charge is -2.12. The highest BCUT2D eigenvalue weighted by Gasteiger charge is 2.10. The van der Waals surface area contributed by atoms with Crippen LogP contribution in [0.4, 0.5) is 0 Å². The minimum atomic E-state index is 0.405. The lowest BCUT2D eigenvalue weighted by molar-refractivity contribution is 0.456. The van der Waals surface area contributed by atoms with Crippen molar-refractivity contribution in [2.45, 2.75) is 39.5 Å². The zero-order chi connectivity index (χ0) is 14.5. The van der Waals surface area contributed by atoms with Gasteiger partial charge < -0.3 is 4.74 Å². The van der Waals surface area contributed by atoms with Gasteiger partial charge in [0.1, 0.15) is 5.75 Å². The highest BCUT2D eigenvalue weighted by molar-refractivity contribution is 6.17. The van der Waals surface area contributed by atoms with E-state index in [-0.39, 0.29) is 0 Å². The molecule has 0 aliphatic carbocycles. The monoisotopic (exact) mass is 289 g/mol. The van der Waals surface area contributed by atoms with Crippen LogP contribution in [0.1, 0.15) is 35.7 Å². The first kappa shape index (κ1) is 14.9. The summed E-state index contributed by atoms with van der Waals surface area (Å²) in [5, 5.41) is 0. The predicted octanol–water partition coefficient (Wildman–Crippen LogP) is 5.18. The largest absolute Gasteiger partial charge is 0.439 e. The third kappa shape index (κ3) is 3.51. The molecule has 0 fully saturated rings. The first-order chi connectivity index (χ1) is 9.63. The number of pyridine rings is 1.